The molecule has 1 heterocycles. The SMILES string of the molecule is COCC(C)NC(=O)NC(=O)Cn1nnc(-c2cccc(C(F)(F)F)c2)n1. The Morgan fingerprint density at radius 3 is 2.74 bits per heavy atom. The van der Waals surface area contributed by atoms with Gasteiger partial charge in [0.2, 0.25) is 5.82 Å². The highest BCUT2D eigenvalue weighted by Crippen LogP contribution is 2.31. The number of methoxy groups -OCH3 is 1. The van der Waals surface area contributed by atoms with Gasteiger partial charge in [0, 0.05) is 12.7 Å². The molecule has 1 atom stereocenters. The summed E-state index contributed by atoms with van der Waals surface area (Å²) in [5.41, 5.74) is -0.751. The summed E-state index contributed by atoms with van der Waals surface area (Å²) in [4.78, 5) is 24.3. The van der Waals surface area contributed by atoms with Crippen molar-refractivity contribution in [2.24, 2.45) is 0 Å². The van der Waals surface area contributed by atoms with Crippen molar-refractivity contribution >= 4 is 11.9 Å². The van der Waals surface area contributed by atoms with Gasteiger partial charge >= 0.3 is 12.2 Å². The number of alkyl halides is 3. The van der Waals surface area contributed by atoms with Crippen LogP contribution in [-0.2, 0) is 22.3 Å². The molecule has 0 aliphatic carbocycles. The molecule has 1 aromatic carbocycles. The molecular formula is C15H17F3N6O3. The van der Waals surface area contributed by atoms with Crippen molar-refractivity contribution in [2.75, 3.05) is 13.7 Å². The minimum absolute atomic E-state index is 0.0768. The van der Waals surface area contributed by atoms with Crippen molar-refractivity contribution in [3.05, 3.63) is 29.8 Å². The van der Waals surface area contributed by atoms with E-state index in [2.05, 4.69) is 26.0 Å². The number of imide groups is 1. The molecular weight excluding hydrogens is 369 g/mol. The molecule has 2 rings (SSSR count). The normalized spacial score (nSPS) is 12.5. The molecule has 1 aromatic heterocycles. The van der Waals surface area contributed by atoms with E-state index < -0.39 is 30.2 Å². The zero-order valence-corrected chi connectivity index (χ0v) is 14.4. The van der Waals surface area contributed by atoms with E-state index in [9.17, 15) is 22.8 Å². The summed E-state index contributed by atoms with van der Waals surface area (Å²) in [6.07, 6.45) is -4.50. The van der Waals surface area contributed by atoms with Crippen LogP contribution in [-0.4, -0.2) is 51.9 Å². The summed E-state index contributed by atoms with van der Waals surface area (Å²) in [6.45, 7) is 1.53. The molecule has 12 heteroatoms. The molecule has 0 saturated heterocycles. The van der Waals surface area contributed by atoms with Gasteiger partial charge in [0.15, 0.2) is 0 Å². The predicted octanol–water partition coefficient (Wildman–Crippen LogP) is 1.22. The number of benzene rings is 1. The topological polar surface area (TPSA) is 111 Å². The summed E-state index contributed by atoms with van der Waals surface area (Å²) in [7, 11) is 1.47. The predicted molar refractivity (Wildman–Crippen MR) is 86.3 cm³/mol. The van der Waals surface area contributed by atoms with Crippen LogP contribution in [0.2, 0.25) is 0 Å². The van der Waals surface area contributed by atoms with Crippen molar-refractivity contribution in [2.45, 2.75) is 25.7 Å². The number of ether oxygens (including phenoxy) is 1. The number of aromatic nitrogens is 4. The Balaban J connectivity index is 1.98. The average Bonchev–Trinajstić information content (AvgIpc) is 3.02. The quantitative estimate of drug-likeness (QED) is 0.772. The molecule has 146 valence electrons. The second-order valence-corrected chi connectivity index (χ2v) is 5.60. The number of hydrogen-bond donors (Lipinski definition) is 2. The van der Waals surface area contributed by atoms with E-state index in [4.69, 9.17) is 4.74 Å². The second-order valence-electron chi connectivity index (χ2n) is 5.60. The van der Waals surface area contributed by atoms with Crippen LogP contribution >= 0.6 is 0 Å². The van der Waals surface area contributed by atoms with Gasteiger partial charge < -0.3 is 10.1 Å². The van der Waals surface area contributed by atoms with Crippen LogP contribution in [0.1, 0.15) is 12.5 Å². The summed E-state index contributed by atoms with van der Waals surface area (Å²) in [5, 5.41) is 15.6. The minimum Gasteiger partial charge on any atom is -0.383 e. The third-order valence-electron chi connectivity index (χ3n) is 3.23. The molecule has 0 aliphatic heterocycles. The molecule has 0 fully saturated rings. The van der Waals surface area contributed by atoms with Crippen LogP contribution in [0.25, 0.3) is 11.4 Å². The lowest BCUT2D eigenvalue weighted by atomic mass is 10.1. The zero-order valence-electron chi connectivity index (χ0n) is 14.4. The first-order chi connectivity index (χ1) is 12.7. The lowest BCUT2D eigenvalue weighted by Crippen LogP contribution is -2.46. The van der Waals surface area contributed by atoms with E-state index in [0.717, 1.165) is 16.9 Å². The van der Waals surface area contributed by atoms with Gasteiger partial charge in [-0.15, -0.1) is 10.2 Å². The Kier molecular flexibility index (Phi) is 6.45. The van der Waals surface area contributed by atoms with Gasteiger partial charge in [-0.2, -0.15) is 18.0 Å². The lowest BCUT2D eigenvalue weighted by Gasteiger charge is -2.12. The van der Waals surface area contributed by atoms with Crippen LogP contribution < -0.4 is 10.6 Å². The number of halogens is 3. The van der Waals surface area contributed by atoms with Gasteiger partial charge in [-0.3, -0.25) is 10.1 Å². The van der Waals surface area contributed by atoms with Crippen molar-refractivity contribution < 1.29 is 27.5 Å². The van der Waals surface area contributed by atoms with Gasteiger partial charge in [0.25, 0.3) is 5.91 Å². The lowest BCUT2D eigenvalue weighted by molar-refractivity contribution is -0.137. The molecule has 2 aromatic rings. The number of rotatable bonds is 6. The van der Waals surface area contributed by atoms with E-state index in [-0.39, 0.29) is 24.0 Å². The van der Waals surface area contributed by atoms with Crippen LogP contribution in [0.3, 0.4) is 0 Å². The summed E-state index contributed by atoms with van der Waals surface area (Å²) < 4.78 is 43.1. The Hall–Kier alpha value is -3.02. The monoisotopic (exact) mass is 386 g/mol. The molecule has 0 bridgehead atoms. The Bertz CT molecular complexity index is 808. The summed E-state index contributed by atoms with van der Waals surface area (Å²) >= 11 is 0. The second kappa shape index (κ2) is 8.58. The molecule has 0 radical (unpaired) electrons. The third kappa shape index (κ3) is 6.02. The molecule has 1 unspecified atom stereocenters. The number of carbonyl (C=O) groups is 2. The van der Waals surface area contributed by atoms with Crippen molar-refractivity contribution in [1.82, 2.24) is 30.8 Å². The molecule has 0 spiro atoms. The smallest absolute Gasteiger partial charge is 0.383 e. The molecule has 27 heavy (non-hydrogen) atoms. The fraction of sp³-hybridized carbons (Fsp3) is 0.400. The fourth-order valence-electron chi connectivity index (χ4n) is 2.11. The maximum atomic E-state index is 12.8. The number of nitrogens with one attached hydrogen (secondary N) is 2. The van der Waals surface area contributed by atoms with E-state index in [0.29, 0.717) is 0 Å². The number of hydrogen-bond acceptors (Lipinski definition) is 6. The van der Waals surface area contributed by atoms with Crippen LogP contribution in [0.5, 0.6) is 0 Å². The molecule has 0 saturated carbocycles. The van der Waals surface area contributed by atoms with E-state index in [1.165, 1.54) is 19.2 Å². The van der Waals surface area contributed by atoms with Crippen molar-refractivity contribution in [3.8, 4) is 11.4 Å². The van der Waals surface area contributed by atoms with E-state index in [1.54, 1.807) is 6.92 Å². The maximum Gasteiger partial charge on any atom is 0.416 e. The van der Waals surface area contributed by atoms with Gasteiger partial charge in [0.1, 0.15) is 6.54 Å². The van der Waals surface area contributed by atoms with Gasteiger partial charge in [-0.1, -0.05) is 12.1 Å². The first-order valence-electron chi connectivity index (χ1n) is 7.73. The van der Waals surface area contributed by atoms with Crippen LogP contribution in [0, 0.1) is 0 Å². The van der Waals surface area contributed by atoms with Crippen molar-refractivity contribution in [3.63, 3.8) is 0 Å². The summed E-state index contributed by atoms with van der Waals surface area (Å²) in [6, 6.07) is 3.39. The fourth-order valence-corrected chi connectivity index (χ4v) is 2.11. The Morgan fingerprint density at radius 2 is 2.07 bits per heavy atom. The van der Waals surface area contributed by atoms with Gasteiger partial charge in [0.05, 0.1) is 18.2 Å². The third-order valence-corrected chi connectivity index (χ3v) is 3.23. The highest BCUT2D eigenvalue weighted by molar-refractivity contribution is 5.94. The average molecular weight is 386 g/mol. The maximum absolute atomic E-state index is 12.8. The zero-order chi connectivity index (χ0) is 20.0. The minimum atomic E-state index is -4.50. The Morgan fingerprint density at radius 1 is 1.33 bits per heavy atom. The standard InChI is InChI=1S/C15H17F3N6O3/c1-9(8-27-2)19-14(26)20-12(25)7-24-22-13(21-23-24)10-4-3-5-11(6-10)15(16,17)18/h3-6,9H,7-8H2,1-2H3,(H2,19,20,25,26). The number of tetrazole rings is 1. The molecule has 9 nitrogen and oxygen atoms in total. The van der Waals surface area contributed by atoms with E-state index >= 15 is 0 Å². The first kappa shape index (κ1) is 20.3. The number of amides is 3. The molecule has 0 aliphatic rings. The number of nitrogens with zero attached hydrogens (tertiary/aromatic N) is 4. The number of carbonyl (C=O) groups excluding carboxylic acids is 2. The van der Waals surface area contributed by atoms with Gasteiger partial charge in [-0.25, -0.2) is 4.79 Å². The molecule has 3 amide bonds. The van der Waals surface area contributed by atoms with Crippen LogP contribution in [0.15, 0.2) is 24.3 Å². The summed E-state index contributed by atoms with van der Waals surface area (Å²) in [5.74, 6) is -0.794. The highest BCUT2D eigenvalue weighted by Gasteiger charge is 2.30. The largest absolute Gasteiger partial charge is 0.416 e. The van der Waals surface area contributed by atoms with E-state index in [1.807, 2.05) is 0 Å². The number of urea groups is 1. The van der Waals surface area contributed by atoms with Crippen molar-refractivity contribution in [1.29, 1.82) is 0 Å². The van der Waals surface area contributed by atoms with Crippen LogP contribution in [0.4, 0.5) is 18.0 Å². The Labute approximate surface area is 151 Å². The molecule has 2 N–H and O–H groups in total. The van der Waals surface area contributed by atoms with Gasteiger partial charge in [-0.05, 0) is 24.3 Å². The highest BCUT2D eigenvalue weighted by atomic mass is 19.4. The first-order valence-corrected chi connectivity index (χ1v) is 7.73.